The first-order valence-corrected chi connectivity index (χ1v) is 6.95. The first-order chi connectivity index (χ1) is 8.16. The summed E-state index contributed by atoms with van der Waals surface area (Å²) in [6.07, 6.45) is 8.17. The highest BCUT2D eigenvalue weighted by Gasteiger charge is 2.31. The van der Waals surface area contributed by atoms with Gasteiger partial charge in [-0.2, -0.15) is 0 Å². The minimum absolute atomic E-state index is 0.182. The van der Waals surface area contributed by atoms with Gasteiger partial charge in [-0.1, -0.05) is 12.8 Å². The summed E-state index contributed by atoms with van der Waals surface area (Å²) in [6, 6.07) is 0.182. The van der Waals surface area contributed by atoms with Crippen LogP contribution in [-0.2, 0) is 9.59 Å². The van der Waals surface area contributed by atoms with Gasteiger partial charge in [-0.15, -0.1) is 0 Å². The van der Waals surface area contributed by atoms with Crippen LogP contribution in [0.25, 0.3) is 0 Å². The number of rotatable bonds is 4. The van der Waals surface area contributed by atoms with Crippen LogP contribution in [0, 0.1) is 5.92 Å². The van der Waals surface area contributed by atoms with Crippen molar-refractivity contribution >= 4 is 11.7 Å². The van der Waals surface area contributed by atoms with Crippen LogP contribution in [-0.4, -0.2) is 29.2 Å². The molecule has 2 aliphatic rings. The van der Waals surface area contributed by atoms with Gasteiger partial charge in [-0.25, -0.2) is 0 Å². The van der Waals surface area contributed by atoms with Gasteiger partial charge in [0.2, 0.25) is 5.91 Å². The Hall–Kier alpha value is -0.860. The molecule has 1 aliphatic heterocycles. The number of carbonyl (C=O) groups is 2. The average molecular weight is 237 g/mol. The fourth-order valence-electron chi connectivity index (χ4n) is 2.74. The van der Waals surface area contributed by atoms with Crippen LogP contribution in [0.5, 0.6) is 0 Å². The zero-order valence-electron chi connectivity index (χ0n) is 10.8. The standard InChI is InChI=1S/C14H23NO2/c1-11(16)9-13-5-3-2-4-8-15(13)14(17)10-12-6-7-12/h12-13H,2-10H2,1H3. The van der Waals surface area contributed by atoms with Crippen molar-refractivity contribution in [3.63, 3.8) is 0 Å². The molecule has 17 heavy (non-hydrogen) atoms. The van der Waals surface area contributed by atoms with Crippen molar-refractivity contribution in [1.29, 1.82) is 0 Å². The number of likely N-dealkylation sites (tertiary alicyclic amines) is 1. The summed E-state index contributed by atoms with van der Waals surface area (Å²) < 4.78 is 0. The maximum absolute atomic E-state index is 12.2. The number of hydrogen-bond donors (Lipinski definition) is 0. The van der Waals surface area contributed by atoms with Crippen molar-refractivity contribution < 1.29 is 9.59 Å². The maximum atomic E-state index is 12.2. The molecule has 0 aromatic rings. The fourth-order valence-corrected chi connectivity index (χ4v) is 2.74. The molecule has 1 unspecified atom stereocenters. The SMILES string of the molecule is CC(=O)CC1CCCCCN1C(=O)CC1CC1. The summed E-state index contributed by atoms with van der Waals surface area (Å²) >= 11 is 0. The lowest BCUT2D eigenvalue weighted by Crippen LogP contribution is -2.41. The second-order valence-corrected chi connectivity index (χ2v) is 5.64. The van der Waals surface area contributed by atoms with Crippen molar-refractivity contribution in [2.75, 3.05) is 6.54 Å². The molecule has 0 N–H and O–H groups in total. The quantitative estimate of drug-likeness (QED) is 0.753. The van der Waals surface area contributed by atoms with E-state index in [0.717, 1.165) is 25.8 Å². The summed E-state index contributed by atoms with van der Waals surface area (Å²) in [7, 11) is 0. The van der Waals surface area contributed by atoms with Crippen molar-refractivity contribution in [2.45, 2.75) is 64.3 Å². The number of amides is 1. The van der Waals surface area contributed by atoms with Crippen molar-refractivity contribution in [3.05, 3.63) is 0 Å². The van der Waals surface area contributed by atoms with E-state index in [0.29, 0.717) is 24.7 Å². The van der Waals surface area contributed by atoms with Gasteiger partial charge in [0.25, 0.3) is 0 Å². The Bertz CT molecular complexity index is 297. The van der Waals surface area contributed by atoms with Gasteiger partial charge < -0.3 is 4.90 Å². The molecule has 1 saturated carbocycles. The Balaban J connectivity index is 1.96. The molecule has 0 bridgehead atoms. The molecule has 96 valence electrons. The summed E-state index contributed by atoms with van der Waals surface area (Å²) in [5, 5.41) is 0. The van der Waals surface area contributed by atoms with E-state index in [-0.39, 0.29) is 11.8 Å². The number of hydrogen-bond acceptors (Lipinski definition) is 2. The van der Waals surface area contributed by atoms with Gasteiger partial charge in [0.15, 0.2) is 0 Å². The Morgan fingerprint density at radius 2 is 1.82 bits per heavy atom. The third-order valence-corrected chi connectivity index (χ3v) is 3.88. The maximum Gasteiger partial charge on any atom is 0.223 e. The van der Waals surface area contributed by atoms with Crippen LogP contribution in [0.4, 0.5) is 0 Å². The lowest BCUT2D eigenvalue weighted by Gasteiger charge is -2.29. The molecule has 0 radical (unpaired) electrons. The fraction of sp³-hybridized carbons (Fsp3) is 0.857. The Labute approximate surface area is 104 Å². The molecule has 1 aliphatic carbocycles. The minimum Gasteiger partial charge on any atom is -0.339 e. The van der Waals surface area contributed by atoms with Gasteiger partial charge in [0.05, 0.1) is 0 Å². The zero-order chi connectivity index (χ0) is 12.3. The first kappa shape index (κ1) is 12.6. The average Bonchev–Trinajstić information content (AvgIpc) is 3.04. The van der Waals surface area contributed by atoms with Gasteiger partial charge >= 0.3 is 0 Å². The van der Waals surface area contributed by atoms with E-state index < -0.39 is 0 Å². The van der Waals surface area contributed by atoms with Crippen molar-refractivity contribution in [3.8, 4) is 0 Å². The lowest BCUT2D eigenvalue weighted by atomic mass is 10.0. The molecule has 2 rings (SSSR count). The molecule has 2 fully saturated rings. The molecular weight excluding hydrogens is 214 g/mol. The Kier molecular flexibility index (Phi) is 4.19. The molecule has 0 aromatic heterocycles. The predicted molar refractivity (Wildman–Crippen MR) is 66.6 cm³/mol. The highest BCUT2D eigenvalue weighted by molar-refractivity contribution is 5.80. The number of nitrogens with zero attached hydrogens (tertiary/aromatic N) is 1. The van der Waals surface area contributed by atoms with Crippen LogP contribution in [0.3, 0.4) is 0 Å². The molecule has 1 atom stereocenters. The van der Waals surface area contributed by atoms with E-state index in [1.165, 1.54) is 19.3 Å². The van der Waals surface area contributed by atoms with Crippen LogP contribution in [0.2, 0.25) is 0 Å². The molecular formula is C14H23NO2. The van der Waals surface area contributed by atoms with E-state index in [4.69, 9.17) is 0 Å². The first-order valence-electron chi connectivity index (χ1n) is 6.95. The molecule has 1 amide bonds. The molecule has 3 heteroatoms. The van der Waals surface area contributed by atoms with Crippen molar-refractivity contribution in [2.24, 2.45) is 5.92 Å². The van der Waals surface area contributed by atoms with Crippen LogP contribution < -0.4 is 0 Å². The van der Waals surface area contributed by atoms with Crippen LogP contribution >= 0.6 is 0 Å². The third kappa shape index (κ3) is 3.83. The minimum atomic E-state index is 0.182. The lowest BCUT2D eigenvalue weighted by molar-refractivity contribution is -0.134. The Morgan fingerprint density at radius 1 is 1.06 bits per heavy atom. The number of Topliss-reactive ketones (excluding diaryl/α,β-unsaturated/α-hetero) is 1. The highest BCUT2D eigenvalue weighted by Crippen LogP contribution is 2.33. The molecule has 0 aromatic carbocycles. The summed E-state index contributed by atoms with van der Waals surface area (Å²) in [5.74, 6) is 1.14. The Morgan fingerprint density at radius 3 is 2.47 bits per heavy atom. The highest BCUT2D eigenvalue weighted by atomic mass is 16.2. The molecule has 3 nitrogen and oxygen atoms in total. The predicted octanol–water partition coefficient (Wildman–Crippen LogP) is 2.54. The monoisotopic (exact) mass is 237 g/mol. The van der Waals surface area contributed by atoms with Crippen LogP contribution in [0.1, 0.15) is 58.3 Å². The van der Waals surface area contributed by atoms with Gasteiger partial charge in [-0.05, 0) is 38.5 Å². The van der Waals surface area contributed by atoms with Gasteiger partial charge in [0.1, 0.15) is 5.78 Å². The normalized spacial score (nSPS) is 25.5. The van der Waals surface area contributed by atoms with E-state index >= 15 is 0 Å². The largest absolute Gasteiger partial charge is 0.339 e. The van der Waals surface area contributed by atoms with E-state index in [2.05, 4.69) is 0 Å². The summed E-state index contributed by atoms with van der Waals surface area (Å²) in [5.41, 5.74) is 0. The van der Waals surface area contributed by atoms with E-state index in [1.807, 2.05) is 4.90 Å². The van der Waals surface area contributed by atoms with Gasteiger partial charge in [-0.3, -0.25) is 9.59 Å². The van der Waals surface area contributed by atoms with Gasteiger partial charge in [0, 0.05) is 25.4 Å². The molecule has 1 heterocycles. The molecule has 1 saturated heterocycles. The van der Waals surface area contributed by atoms with Crippen molar-refractivity contribution in [1.82, 2.24) is 4.90 Å². The zero-order valence-corrected chi connectivity index (χ0v) is 10.8. The second kappa shape index (κ2) is 5.65. The smallest absolute Gasteiger partial charge is 0.223 e. The van der Waals surface area contributed by atoms with E-state index in [9.17, 15) is 9.59 Å². The molecule has 0 spiro atoms. The second-order valence-electron chi connectivity index (χ2n) is 5.64. The van der Waals surface area contributed by atoms with E-state index in [1.54, 1.807) is 6.92 Å². The topological polar surface area (TPSA) is 37.4 Å². The summed E-state index contributed by atoms with van der Waals surface area (Å²) in [4.78, 5) is 25.5. The number of ketones is 1. The third-order valence-electron chi connectivity index (χ3n) is 3.88. The summed E-state index contributed by atoms with van der Waals surface area (Å²) in [6.45, 7) is 2.50. The number of carbonyl (C=O) groups excluding carboxylic acids is 2. The van der Waals surface area contributed by atoms with Crippen LogP contribution in [0.15, 0.2) is 0 Å².